The summed E-state index contributed by atoms with van der Waals surface area (Å²) in [5, 5.41) is 2.59. The van der Waals surface area contributed by atoms with Crippen LogP contribution in [0.2, 0.25) is 0 Å². The molecule has 28 heavy (non-hydrogen) atoms. The molecule has 0 spiro atoms. The van der Waals surface area contributed by atoms with E-state index in [0.717, 1.165) is 49.8 Å². The highest BCUT2D eigenvalue weighted by molar-refractivity contribution is 5.76. The van der Waals surface area contributed by atoms with E-state index in [1.807, 2.05) is 12.3 Å². The smallest absolute Gasteiger partial charge is 0.219 e. The zero-order chi connectivity index (χ0) is 19.8. The van der Waals surface area contributed by atoms with Crippen LogP contribution >= 0.6 is 0 Å². The maximum Gasteiger partial charge on any atom is 0.219 e. The number of nitrogens with one attached hydrogen (secondary N) is 1. The molecule has 1 aromatic rings. The van der Waals surface area contributed by atoms with E-state index >= 15 is 0 Å². The molecular formula is C22H34N4O2. The molecule has 1 aliphatic carbocycles. The van der Waals surface area contributed by atoms with Crippen LogP contribution in [0.5, 0.6) is 0 Å². The van der Waals surface area contributed by atoms with Crippen LogP contribution in [0.15, 0.2) is 18.3 Å². The zero-order valence-electron chi connectivity index (χ0n) is 17.1. The number of nitrogens with zero attached hydrogens (tertiary/aromatic N) is 3. The van der Waals surface area contributed by atoms with Crippen molar-refractivity contribution < 1.29 is 9.59 Å². The van der Waals surface area contributed by atoms with Gasteiger partial charge in [0.2, 0.25) is 5.91 Å². The number of aldehydes is 1. The fourth-order valence-electron chi connectivity index (χ4n) is 4.42. The summed E-state index contributed by atoms with van der Waals surface area (Å²) in [7, 11) is 1.61. The molecule has 6 nitrogen and oxygen atoms in total. The van der Waals surface area contributed by atoms with Gasteiger partial charge in [-0.1, -0.05) is 19.3 Å². The molecule has 2 aliphatic rings. The Balaban J connectivity index is 1.48. The Bertz CT molecular complexity index is 620. The zero-order valence-corrected chi connectivity index (χ0v) is 17.1. The van der Waals surface area contributed by atoms with Gasteiger partial charge in [-0.05, 0) is 37.3 Å². The van der Waals surface area contributed by atoms with Crippen LogP contribution in [-0.4, -0.2) is 61.8 Å². The molecule has 6 heteroatoms. The Labute approximate surface area is 168 Å². The standard InChI is InChI=1S/C22H34N4O2/c1-23-22(28)10-7-19(17-27)21-9-8-20(15-24-21)26-13-11-25(12-14-26)16-18-5-3-2-4-6-18/h8-9,15,17-19H,2-7,10-14,16H2,1H3,(H,23,28). The van der Waals surface area contributed by atoms with Crippen LogP contribution in [0.25, 0.3) is 0 Å². The number of pyridine rings is 1. The van der Waals surface area contributed by atoms with Gasteiger partial charge >= 0.3 is 0 Å². The summed E-state index contributed by atoms with van der Waals surface area (Å²) in [5.41, 5.74) is 1.87. The van der Waals surface area contributed by atoms with Crippen molar-refractivity contribution in [2.75, 3.05) is 44.7 Å². The summed E-state index contributed by atoms with van der Waals surface area (Å²) in [6.45, 7) is 5.54. The molecule has 0 radical (unpaired) electrons. The average Bonchev–Trinajstić information content (AvgIpc) is 2.76. The predicted molar refractivity (Wildman–Crippen MR) is 112 cm³/mol. The van der Waals surface area contributed by atoms with Crippen LogP contribution in [0, 0.1) is 5.92 Å². The minimum absolute atomic E-state index is 0.0467. The van der Waals surface area contributed by atoms with Gasteiger partial charge in [0.1, 0.15) is 6.29 Å². The molecule has 1 amide bonds. The first-order valence-electron chi connectivity index (χ1n) is 10.8. The lowest BCUT2D eigenvalue weighted by molar-refractivity contribution is -0.120. The summed E-state index contributed by atoms with van der Waals surface area (Å²) in [4.78, 5) is 32.4. The number of rotatable bonds is 8. The Kier molecular flexibility index (Phi) is 7.83. The van der Waals surface area contributed by atoms with Crippen molar-refractivity contribution in [3.63, 3.8) is 0 Å². The fourth-order valence-corrected chi connectivity index (χ4v) is 4.42. The molecule has 2 heterocycles. The van der Waals surface area contributed by atoms with Crippen molar-refractivity contribution in [2.24, 2.45) is 5.92 Å². The lowest BCUT2D eigenvalue weighted by Crippen LogP contribution is -2.48. The number of carbonyl (C=O) groups is 2. The van der Waals surface area contributed by atoms with Crippen LogP contribution < -0.4 is 10.2 Å². The van der Waals surface area contributed by atoms with E-state index in [9.17, 15) is 9.59 Å². The molecular weight excluding hydrogens is 352 g/mol. The van der Waals surface area contributed by atoms with E-state index in [1.54, 1.807) is 7.05 Å². The number of aromatic nitrogens is 1. The molecule has 1 aliphatic heterocycles. The van der Waals surface area contributed by atoms with E-state index in [0.29, 0.717) is 12.8 Å². The molecule has 1 aromatic heterocycles. The van der Waals surface area contributed by atoms with Gasteiger partial charge in [0.05, 0.1) is 23.5 Å². The van der Waals surface area contributed by atoms with Gasteiger partial charge < -0.3 is 15.0 Å². The Morgan fingerprint density at radius 3 is 2.57 bits per heavy atom. The number of hydrogen-bond acceptors (Lipinski definition) is 5. The second-order valence-electron chi connectivity index (χ2n) is 8.19. The van der Waals surface area contributed by atoms with Gasteiger partial charge in [-0.3, -0.25) is 14.7 Å². The molecule has 1 N–H and O–H groups in total. The highest BCUT2D eigenvalue weighted by atomic mass is 16.1. The topological polar surface area (TPSA) is 65.5 Å². The van der Waals surface area contributed by atoms with Crippen molar-refractivity contribution >= 4 is 17.9 Å². The largest absolute Gasteiger partial charge is 0.368 e. The number of hydrogen-bond donors (Lipinski definition) is 1. The van der Waals surface area contributed by atoms with Crippen molar-refractivity contribution in [2.45, 2.75) is 50.9 Å². The third kappa shape index (κ3) is 5.77. The molecule has 3 rings (SSSR count). The fraction of sp³-hybridized carbons (Fsp3) is 0.682. The third-order valence-electron chi connectivity index (χ3n) is 6.25. The lowest BCUT2D eigenvalue weighted by atomic mass is 9.89. The van der Waals surface area contributed by atoms with Gasteiger partial charge in [-0.15, -0.1) is 0 Å². The van der Waals surface area contributed by atoms with Crippen molar-refractivity contribution in [1.82, 2.24) is 15.2 Å². The summed E-state index contributed by atoms with van der Waals surface area (Å²) in [6, 6.07) is 4.00. The van der Waals surface area contributed by atoms with Crippen LogP contribution in [0.3, 0.4) is 0 Å². The Morgan fingerprint density at radius 2 is 1.96 bits per heavy atom. The van der Waals surface area contributed by atoms with Gasteiger partial charge in [-0.25, -0.2) is 0 Å². The van der Waals surface area contributed by atoms with Crippen molar-refractivity contribution in [1.29, 1.82) is 0 Å². The number of carbonyl (C=O) groups excluding carboxylic acids is 2. The first kappa shape index (κ1) is 20.8. The van der Waals surface area contributed by atoms with Crippen molar-refractivity contribution in [3.05, 3.63) is 24.0 Å². The van der Waals surface area contributed by atoms with Gasteiger partial charge in [-0.2, -0.15) is 0 Å². The summed E-state index contributed by atoms with van der Waals surface area (Å²) in [6.07, 6.45) is 10.7. The summed E-state index contributed by atoms with van der Waals surface area (Å²) < 4.78 is 0. The molecule has 154 valence electrons. The number of piperazine rings is 1. The summed E-state index contributed by atoms with van der Waals surface area (Å²) in [5.74, 6) is 0.532. The van der Waals surface area contributed by atoms with E-state index in [2.05, 4.69) is 26.2 Å². The van der Waals surface area contributed by atoms with Crippen LogP contribution in [0.1, 0.15) is 56.6 Å². The Morgan fingerprint density at radius 1 is 1.21 bits per heavy atom. The predicted octanol–water partition coefficient (Wildman–Crippen LogP) is 2.59. The van der Waals surface area contributed by atoms with Gasteiger partial charge in [0.15, 0.2) is 0 Å². The maximum atomic E-state index is 11.4. The highest BCUT2D eigenvalue weighted by Gasteiger charge is 2.22. The first-order valence-corrected chi connectivity index (χ1v) is 10.8. The average molecular weight is 387 g/mol. The second kappa shape index (κ2) is 10.6. The molecule has 1 atom stereocenters. The molecule has 2 fully saturated rings. The van der Waals surface area contributed by atoms with E-state index < -0.39 is 0 Å². The normalized spacial score (nSPS) is 20.0. The van der Waals surface area contributed by atoms with Gasteiger partial charge in [0.25, 0.3) is 0 Å². The molecule has 1 saturated heterocycles. The molecule has 0 aromatic carbocycles. The maximum absolute atomic E-state index is 11.4. The molecule has 1 saturated carbocycles. The number of anilines is 1. The highest BCUT2D eigenvalue weighted by Crippen LogP contribution is 2.26. The van der Waals surface area contributed by atoms with E-state index in [-0.39, 0.29) is 11.8 Å². The summed E-state index contributed by atoms with van der Waals surface area (Å²) >= 11 is 0. The number of amides is 1. The van der Waals surface area contributed by atoms with Crippen molar-refractivity contribution in [3.8, 4) is 0 Å². The quantitative estimate of drug-likeness (QED) is 0.696. The van der Waals surface area contributed by atoms with Gasteiger partial charge in [0, 0.05) is 46.2 Å². The van der Waals surface area contributed by atoms with E-state index in [4.69, 9.17) is 0 Å². The molecule has 1 unspecified atom stereocenters. The minimum Gasteiger partial charge on any atom is -0.368 e. The van der Waals surface area contributed by atoms with Crippen LogP contribution in [0.4, 0.5) is 5.69 Å². The first-order chi connectivity index (χ1) is 13.7. The SMILES string of the molecule is CNC(=O)CCC(C=O)c1ccc(N2CCN(CC3CCCCC3)CC2)cn1. The lowest BCUT2D eigenvalue weighted by Gasteiger charge is -2.38. The molecule has 0 bridgehead atoms. The monoisotopic (exact) mass is 386 g/mol. The van der Waals surface area contributed by atoms with Crippen LogP contribution in [-0.2, 0) is 9.59 Å². The van der Waals surface area contributed by atoms with E-state index in [1.165, 1.54) is 38.6 Å². The third-order valence-corrected chi connectivity index (χ3v) is 6.25. The second-order valence-corrected chi connectivity index (χ2v) is 8.19. The Hall–Kier alpha value is -1.95. The minimum atomic E-state index is -0.321.